The number of hydrogen-bond acceptors (Lipinski definition) is 7. The Morgan fingerprint density at radius 2 is 2.03 bits per heavy atom. The van der Waals surface area contributed by atoms with E-state index in [0.29, 0.717) is 42.2 Å². The van der Waals surface area contributed by atoms with Gasteiger partial charge < -0.3 is 14.8 Å². The van der Waals surface area contributed by atoms with Gasteiger partial charge >= 0.3 is 0 Å². The van der Waals surface area contributed by atoms with E-state index in [2.05, 4.69) is 47.2 Å². The number of aryl methyl sites for hydroxylation is 1. The zero-order valence-electron chi connectivity index (χ0n) is 21.3. The van der Waals surface area contributed by atoms with Crippen LogP contribution < -0.4 is 14.8 Å². The SMILES string of the molecule is CCCSc1nc2n(n1)C(c1cc(Br)c(OCc3ccccc3C)c(OCC)c1)C1=C(CCCC1=O)N2. The Kier molecular flexibility index (Phi) is 7.90. The van der Waals surface area contributed by atoms with Gasteiger partial charge in [-0.25, -0.2) is 4.68 Å². The first-order valence-electron chi connectivity index (χ1n) is 12.8. The van der Waals surface area contributed by atoms with Crippen LogP contribution in [0.3, 0.4) is 0 Å². The molecule has 2 heterocycles. The molecular formula is C28H31BrN4O3S. The summed E-state index contributed by atoms with van der Waals surface area (Å²) in [5, 5.41) is 8.93. The lowest BCUT2D eigenvalue weighted by Gasteiger charge is -2.32. The molecule has 2 aliphatic rings. The predicted octanol–water partition coefficient (Wildman–Crippen LogP) is 6.85. The number of benzene rings is 2. The number of nitrogens with one attached hydrogen (secondary N) is 1. The third kappa shape index (κ3) is 5.29. The van der Waals surface area contributed by atoms with Crippen LogP contribution in [0.4, 0.5) is 5.95 Å². The van der Waals surface area contributed by atoms with Gasteiger partial charge in [-0.1, -0.05) is 43.0 Å². The lowest BCUT2D eigenvalue weighted by Crippen LogP contribution is -2.31. The van der Waals surface area contributed by atoms with Crippen molar-refractivity contribution in [1.82, 2.24) is 14.8 Å². The maximum atomic E-state index is 13.2. The van der Waals surface area contributed by atoms with Crippen molar-refractivity contribution in [3.05, 3.63) is 68.8 Å². The van der Waals surface area contributed by atoms with Crippen LogP contribution in [-0.4, -0.2) is 32.9 Å². The maximum absolute atomic E-state index is 13.2. The number of halogens is 1. The van der Waals surface area contributed by atoms with Crippen LogP contribution in [-0.2, 0) is 11.4 Å². The number of rotatable bonds is 9. The van der Waals surface area contributed by atoms with Crippen LogP contribution in [0.2, 0.25) is 0 Å². The standard InChI is InChI=1S/C28H31BrN4O3S/c1-4-13-37-28-31-27-30-21-11-8-12-22(34)24(21)25(33(27)32-28)19-14-20(29)26(23(15-19)35-5-2)36-16-18-10-7-6-9-17(18)3/h6-7,9-10,14-15,25H,4-5,8,11-13,16H2,1-3H3,(H,30,31,32). The molecule has 0 spiro atoms. The number of fused-ring (bicyclic) bond motifs is 1. The maximum Gasteiger partial charge on any atom is 0.227 e. The Morgan fingerprint density at radius 3 is 2.81 bits per heavy atom. The molecule has 37 heavy (non-hydrogen) atoms. The number of nitrogens with zero attached hydrogens (tertiary/aromatic N) is 3. The van der Waals surface area contributed by atoms with Crippen LogP contribution in [0, 0.1) is 6.92 Å². The highest BCUT2D eigenvalue weighted by molar-refractivity contribution is 9.10. The first kappa shape index (κ1) is 25.9. The summed E-state index contributed by atoms with van der Waals surface area (Å²) in [6, 6.07) is 11.8. The molecule has 5 rings (SSSR count). The fourth-order valence-electron chi connectivity index (χ4n) is 4.77. The molecule has 0 amide bonds. The molecule has 1 N–H and O–H groups in total. The molecule has 194 valence electrons. The molecule has 0 fully saturated rings. The Hall–Kier alpha value is -2.78. The van der Waals surface area contributed by atoms with Crippen molar-refractivity contribution in [1.29, 1.82) is 0 Å². The molecule has 1 aliphatic heterocycles. The van der Waals surface area contributed by atoms with Gasteiger partial charge in [0.15, 0.2) is 17.3 Å². The number of allylic oxidation sites excluding steroid dienone is 2. The average molecular weight is 584 g/mol. The molecule has 3 aromatic rings. The number of ketones is 1. The second kappa shape index (κ2) is 11.3. The van der Waals surface area contributed by atoms with Gasteiger partial charge in [0.2, 0.25) is 11.1 Å². The quantitative estimate of drug-likeness (QED) is 0.276. The molecule has 7 nitrogen and oxygen atoms in total. The minimum atomic E-state index is -0.386. The minimum Gasteiger partial charge on any atom is -0.490 e. The van der Waals surface area contributed by atoms with Crippen molar-refractivity contribution in [3.63, 3.8) is 0 Å². The molecule has 0 saturated carbocycles. The van der Waals surface area contributed by atoms with Crippen LogP contribution >= 0.6 is 27.7 Å². The van der Waals surface area contributed by atoms with Crippen LogP contribution in [0.5, 0.6) is 11.5 Å². The Balaban J connectivity index is 1.56. The van der Waals surface area contributed by atoms with E-state index in [9.17, 15) is 4.79 Å². The number of Topliss-reactive ketones (excluding diaryl/α,β-unsaturated/α-hetero) is 1. The van der Waals surface area contributed by atoms with E-state index >= 15 is 0 Å². The molecule has 0 radical (unpaired) electrons. The van der Waals surface area contributed by atoms with Gasteiger partial charge in [-0.2, -0.15) is 4.98 Å². The molecule has 0 saturated heterocycles. The van der Waals surface area contributed by atoms with Crippen molar-refractivity contribution in [2.45, 2.75) is 64.3 Å². The fraction of sp³-hybridized carbons (Fsp3) is 0.393. The number of ether oxygens (including phenoxy) is 2. The summed E-state index contributed by atoms with van der Waals surface area (Å²) in [5.41, 5.74) is 4.90. The van der Waals surface area contributed by atoms with Gasteiger partial charge in [-0.15, -0.1) is 5.10 Å². The fourth-order valence-corrected chi connectivity index (χ4v) is 6.03. The summed E-state index contributed by atoms with van der Waals surface area (Å²) in [7, 11) is 0. The highest BCUT2D eigenvalue weighted by Crippen LogP contribution is 2.45. The first-order chi connectivity index (χ1) is 18.0. The van der Waals surface area contributed by atoms with Gasteiger partial charge in [0.05, 0.1) is 11.1 Å². The third-order valence-electron chi connectivity index (χ3n) is 6.56. The summed E-state index contributed by atoms with van der Waals surface area (Å²) in [5.74, 6) is 3.03. The highest BCUT2D eigenvalue weighted by atomic mass is 79.9. The molecule has 1 aromatic heterocycles. The lowest BCUT2D eigenvalue weighted by molar-refractivity contribution is -0.116. The largest absolute Gasteiger partial charge is 0.490 e. The minimum absolute atomic E-state index is 0.150. The summed E-state index contributed by atoms with van der Waals surface area (Å²) >= 11 is 5.37. The van der Waals surface area contributed by atoms with Gasteiger partial charge in [-0.3, -0.25) is 4.79 Å². The van der Waals surface area contributed by atoms with E-state index in [-0.39, 0.29) is 11.8 Å². The molecule has 0 bridgehead atoms. The summed E-state index contributed by atoms with van der Waals surface area (Å²) < 4.78 is 15.0. The molecule has 1 aliphatic carbocycles. The monoisotopic (exact) mass is 582 g/mol. The predicted molar refractivity (Wildman–Crippen MR) is 150 cm³/mol. The first-order valence-corrected chi connectivity index (χ1v) is 14.5. The van der Waals surface area contributed by atoms with Gasteiger partial charge in [0.1, 0.15) is 12.6 Å². The highest BCUT2D eigenvalue weighted by Gasteiger charge is 2.37. The summed E-state index contributed by atoms with van der Waals surface area (Å²) in [6.07, 6.45) is 3.23. The second-order valence-electron chi connectivity index (χ2n) is 9.19. The third-order valence-corrected chi connectivity index (χ3v) is 8.20. The molecule has 9 heteroatoms. The number of hydrogen-bond donors (Lipinski definition) is 1. The lowest BCUT2D eigenvalue weighted by atomic mass is 9.85. The van der Waals surface area contributed by atoms with Crippen LogP contribution in [0.15, 0.2) is 57.3 Å². The van der Waals surface area contributed by atoms with E-state index in [1.54, 1.807) is 11.8 Å². The van der Waals surface area contributed by atoms with Crippen molar-refractivity contribution in [3.8, 4) is 11.5 Å². The summed E-state index contributed by atoms with van der Waals surface area (Å²) in [6.45, 7) is 7.08. The number of aromatic nitrogens is 3. The van der Waals surface area contributed by atoms with Crippen LogP contribution in [0.25, 0.3) is 0 Å². The Morgan fingerprint density at radius 1 is 1.19 bits per heavy atom. The van der Waals surface area contributed by atoms with Crippen molar-refractivity contribution < 1.29 is 14.3 Å². The molecule has 1 unspecified atom stereocenters. The molecule has 1 atom stereocenters. The molecule has 2 aromatic carbocycles. The number of anilines is 1. The summed E-state index contributed by atoms with van der Waals surface area (Å²) in [4.78, 5) is 18.0. The van der Waals surface area contributed by atoms with Crippen molar-refractivity contribution in [2.75, 3.05) is 17.7 Å². The average Bonchev–Trinajstić information content (AvgIpc) is 3.29. The van der Waals surface area contributed by atoms with E-state index in [1.807, 2.05) is 35.9 Å². The van der Waals surface area contributed by atoms with Gasteiger partial charge in [0, 0.05) is 23.4 Å². The van der Waals surface area contributed by atoms with E-state index < -0.39 is 0 Å². The smallest absolute Gasteiger partial charge is 0.227 e. The zero-order valence-corrected chi connectivity index (χ0v) is 23.7. The number of carbonyl (C=O) groups is 1. The number of carbonyl (C=O) groups excluding carboxylic acids is 1. The second-order valence-corrected chi connectivity index (χ2v) is 11.1. The Bertz CT molecular complexity index is 1350. The van der Waals surface area contributed by atoms with Crippen molar-refractivity contribution in [2.24, 2.45) is 0 Å². The normalized spacial score (nSPS) is 16.8. The topological polar surface area (TPSA) is 78.3 Å². The zero-order chi connectivity index (χ0) is 25.9. The van der Waals surface area contributed by atoms with E-state index in [1.165, 1.54) is 5.56 Å². The van der Waals surface area contributed by atoms with Gasteiger partial charge in [-0.05, 0) is 77.9 Å². The van der Waals surface area contributed by atoms with E-state index in [4.69, 9.17) is 19.6 Å². The van der Waals surface area contributed by atoms with Gasteiger partial charge in [0.25, 0.3) is 0 Å². The van der Waals surface area contributed by atoms with Crippen molar-refractivity contribution >= 4 is 39.4 Å². The van der Waals surface area contributed by atoms with E-state index in [0.717, 1.165) is 51.9 Å². The van der Waals surface area contributed by atoms with Crippen LogP contribution in [0.1, 0.15) is 62.3 Å². The number of thioether (sulfide) groups is 1. The molecular weight excluding hydrogens is 552 g/mol. The Labute approximate surface area is 230 Å².